The standard InChI is InChI=1S/C18H22ClFN6O2/c1-25(2)17-22-15(23-18(24-17)26-6-8-28-9-7-26)11-21-16(27)10-12-13(19)4-3-5-14(12)20/h3-5H,6-11H2,1-2H3,(H,21,27). The Labute approximate surface area is 167 Å². The van der Waals surface area contributed by atoms with E-state index in [9.17, 15) is 9.18 Å². The minimum absolute atomic E-state index is 0.103. The number of ether oxygens (including phenoxy) is 1. The summed E-state index contributed by atoms with van der Waals surface area (Å²) in [7, 11) is 3.67. The van der Waals surface area contributed by atoms with Crippen LogP contribution >= 0.6 is 11.6 Å². The summed E-state index contributed by atoms with van der Waals surface area (Å²) in [5, 5.41) is 2.94. The lowest BCUT2D eigenvalue weighted by Gasteiger charge is -2.27. The quantitative estimate of drug-likeness (QED) is 0.774. The van der Waals surface area contributed by atoms with Gasteiger partial charge >= 0.3 is 0 Å². The first-order chi connectivity index (χ1) is 13.4. The smallest absolute Gasteiger partial charge is 0.230 e. The maximum absolute atomic E-state index is 13.9. The van der Waals surface area contributed by atoms with E-state index in [1.807, 2.05) is 19.0 Å². The molecule has 0 spiro atoms. The van der Waals surface area contributed by atoms with Crippen molar-refractivity contribution in [1.82, 2.24) is 20.3 Å². The van der Waals surface area contributed by atoms with Crippen LogP contribution in [0.3, 0.4) is 0 Å². The number of anilines is 2. The van der Waals surface area contributed by atoms with Crippen molar-refractivity contribution in [3.8, 4) is 0 Å². The Morgan fingerprint density at radius 1 is 1.29 bits per heavy atom. The van der Waals surface area contributed by atoms with Gasteiger partial charge in [0.25, 0.3) is 0 Å². The summed E-state index contributed by atoms with van der Waals surface area (Å²) in [6.07, 6.45) is -0.159. The molecule has 1 aromatic heterocycles. The van der Waals surface area contributed by atoms with Crippen molar-refractivity contribution < 1.29 is 13.9 Å². The summed E-state index contributed by atoms with van der Waals surface area (Å²) >= 11 is 5.98. The van der Waals surface area contributed by atoms with Crippen molar-refractivity contribution in [2.24, 2.45) is 0 Å². The van der Waals surface area contributed by atoms with Gasteiger partial charge in [-0.25, -0.2) is 4.39 Å². The third-order valence-corrected chi connectivity index (χ3v) is 4.55. The van der Waals surface area contributed by atoms with Gasteiger partial charge in [-0.3, -0.25) is 4.79 Å². The van der Waals surface area contributed by atoms with Crippen LogP contribution in [0.2, 0.25) is 5.02 Å². The summed E-state index contributed by atoms with van der Waals surface area (Å²) in [6, 6.07) is 4.33. The van der Waals surface area contributed by atoms with Gasteiger partial charge in [-0.1, -0.05) is 17.7 Å². The minimum atomic E-state index is -0.507. The number of amides is 1. The first-order valence-corrected chi connectivity index (χ1v) is 9.26. The van der Waals surface area contributed by atoms with E-state index in [1.165, 1.54) is 12.1 Å². The molecule has 0 unspecified atom stereocenters. The fraction of sp³-hybridized carbons (Fsp3) is 0.444. The lowest BCUT2D eigenvalue weighted by molar-refractivity contribution is -0.120. The fourth-order valence-electron chi connectivity index (χ4n) is 2.68. The Bertz CT molecular complexity index is 825. The second-order valence-electron chi connectivity index (χ2n) is 6.50. The van der Waals surface area contributed by atoms with Crippen LogP contribution in [0.4, 0.5) is 16.3 Å². The van der Waals surface area contributed by atoms with Gasteiger partial charge in [0, 0.05) is 37.8 Å². The maximum Gasteiger partial charge on any atom is 0.230 e. The molecule has 1 N–H and O–H groups in total. The maximum atomic E-state index is 13.9. The van der Waals surface area contributed by atoms with Gasteiger partial charge in [0.1, 0.15) is 5.82 Å². The molecule has 10 heteroatoms. The first kappa shape index (κ1) is 20.2. The number of benzene rings is 1. The van der Waals surface area contributed by atoms with E-state index >= 15 is 0 Å². The average Bonchev–Trinajstić information content (AvgIpc) is 2.70. The molecule has 1 aliphatic heterocycles. The van der Waals surface area contributed by atoms with E-state index in [1.54, 1.807) is 11.0 Å². The van der Waals surface area contributed by atoms with Crippen molar-refractivity contribution >= 4 is 29.4 Å². The number of hydrogen-bond acceptors (Lipinski definition) is 7. The number of carbonyl (C=O) groups is 1. The number of morpholine rings is 1. The lowest BCUT2D eigenvalue weighted by Crippen LogP contribution is -2.38. The zero-order valence-electron chi connectivity index (χ0n) is 15.8. The monoisotopic (exact) mass is 408 g/mol. The van der Waals surface area contributed by atoms with E-state index in [4.69, 9.17) is 16.3 Å². The van der Waals surface area contributed by atoms with Crippen LogP contribution in [0, 0.1) is 5.82 Å². The third kappa shape index (κ3) is 5.05. The Morgan fingerprint density at radius 2 is 2.04 bits per heavy atom. The molecule has 0 saturated carbocycles. The van der Waals surface area contributed by atoms with Gasteiger partial charge in [-0.15, -0.1) is 0 Å². The average molecular weight is 409 g/mol. The zero-order chi connectivity index (χ0) is 20.1. The van der Waals surface area contributed by atoms with Crippen LogP contribution in [0.5, 0.6) is 0 Å². The molecule has 0 radical (unpaired) electrons. The molecule has 1 aromatic carbocycles. The molecule has 0 aliphatic carbocycles. The molecular formula is C18H22ClFN6O2. The molecule has 8 nitrogen and oxygen atoms in total. The van der Waals surface area contributed by atoms with Crippen LogP contribution in [0.25, 0.3) is 0 Å². The van der Waals surface area contributed by atoms with Gasteiger partial charge in [0.15, 0.2) is 5.82 Å². The normalized spacial score (nSPS) is 14.1. The second-order valence-corrected chi connectivity index (χ2v) is 6.91. The summed E-state index contributed by atoms with van der Waals surface area (Å²) in [5.41, 5.74) is 0.167. The zero-order valence-corrected chi connectivity index (χ0v) is 16.5. The molecule has 2 heterocycles. The van der Waals surface area contributed by atoms with Crippen molar-refractivity contribution in [3.05, 3.63) is 40.4 Å². The van der Waals surface area contributed by atoms with Gasteiger partial charge in [-0.2, -0.15) is 15.0 Å². The minimum Gasteiger partial charge on any atom is -0.378 e. The van der Waals surface area contributed by atoms with Crippen LogP contribution in [0.1, 0.15) is 11.4 Å². The molecule has 3 rings (SSSR count). The highest BCUT2D eigenvalue weighted by molar-refractivity contribution is 6.31. The van der Waals surface area contributed by atoms with E-state index in [0.717, 1.165) is 0 Å². The van der Waals surface area contributed by atoms with Crippen LogP contribution < -0.4 is 15.1 Å². The van der Waals surface area contributed by atoms with Crippen LogP contribution in [0.15, 0.2) is 18.2 Å². The largest absolute Gasteiger partial charge is 0.378 e. The van der Waals surface area contributed by atoms with E-state index in [-0.39, 0.29) is 29.5 Å². The number of carbonyl (C=O) groups excluding carboxylic acids is 1. The molecule has 1 saturated heterocycles. The highest BCUT2D eigenvalue weighted by Gasteiger charge is 2.18. The predicted octanol–water partition coefficient (Wildman–Crippen LogP) is 1.43. The summed E-state index contributed by atoms with van der Waals surface area (Å²) in [4.78, 5) is 29.3. The lowest BCUT2D eigenvalue weighted by atomic mass is 10.1. The third-order valence-electron chi connectivity index (χ3n) is 4.19. The van der Waals surface area contributed by atoms with Gasteiger partial charge in [0.2, 0.25) is 17.8 Å². The van der Waals surface area contributed by atoms with Gasteiger partial charge < -0.3 is 19.9 Å². The summed E-state index contributed by atoms with van der Waals surface area (Å²) in [6.45, 7) is 2.70. The van der Waals surface area contributed by atoms with Crippen molar-refractivity contribution in [1.29, 1.82) is 0 Å². The van der Waals surface area contributed by atoms with E-state index < -0.39 is 5.82 Å². The molecule has 1 fully saturated rings. The number of aromatic nitrogens is 3. The number of hydrogen-bond donors (Lipinski definition) is 1. The van der Waals surface area contributed by atoms with Crippen molar-refractivity contribution in [2.75, 3.05) is 50.2 Å². The molecule has 28 heavy (non-hydrogen) atoms. The number of rotatable bonds is 6. The first-order valence-electron chi connectivity index (χ1n) is 8.88. The molecule has 150 valence electrons. The molecular weight excluding hydrogens is 387 g/mol. The molecule has 1 aliphatic rings. The molecule has 1 amide bonds. The van der Waals surface area contributed by atoms with Gasteiger partial charge in [-0.05, 0) is 12.1 Å². The second kappa shape index (κ2) is 9.11. The molecule has 2 aromatic rings. The highest BCUT2D eigenvalue weighted by Crippen LogP contribution is 2.19. The number of halogens is 2. The SMILES string of the molecule is CN(C)c1nc(CNC(=O)Cc2c(F)cccc2Cl)nc(N2CCOCC2)n1. The highest BCUT2D eigenvalue weighted by atomic mass is 35.5. The summed E-state index contributed by atoms with van der Waals surface area (Å²) in [5.74, 6) is 0.591. The number of nitrogens with one attached hydrogen (secondary N) is 1. The van der Waals surface area contributed by atoms with Crippen molar-refractivity contribution in [2.45, 2.75) is 13.0 Å². The number of nitrogens with zero attached hydrogens (tertiary/aromatic N) is 5. The molecule has 0 atom stereocenters. The Kier molecular flexibility index (Phi) is 6.58. The Morgan fingerprint density at radius 3 is 2.71 bits per heavy atom. The topological polar surface area (TPSA) is 83.5 Å². The van der Waals surface area contributed by atoms with Crippen LogP contribution in [-0.2, 0) is 22.5 Å². The predicted molar refractivity (Wildman–Crippen MR) is 104 cm³/mol. The molecule has 0 bridgehead atoms. The van der Waals surface area contributed by atoms with E-state index in [2.05, 4.69) is 20.3 Å². The Hall–Kier alpha value is -2.52. The fourth-order valence-corrected chi connectivity index (χ4v) is 2.91. The van der Waals surface area contributed by atoms with Gasteiger partial charge in [0.05, 0.1) is 26.2 Å². The van der Waals surface area contributed by atoms with Crippen LogP contribution in [-0.4, -0.2) is 61.3 Å². The van der Waals surface area contributed by atoms with E-state index in [0.29, 0.717) is 44.0 Å². The van der Waals surface area contributed by atoms with Crippen molar-refractivity contribution in [3.63, 3.8) is 0 Å². The Balaban J connectivity index is 1.70. The summed E-state index contributed by atoms with van der Waals surface area (Å²) < 4.78 is 19.2.